The minimum absolute atomic E-state index is 0.599. The number of hydrogen-bond donors (Lipinski definition) is 0. The lowest BCUT2D eigenvalue weighted by Gasteiger charge is -2.05. The SMILES string of the molecule is C=CC=N/C=C(\CC)C(C)C. The predicted molar refractivity (Wildman–Crippen MR) is 51.9 cm³/mol. The summed E-state index contributed by atoms with van der Waals surface area (Å²) in [6, 6.07) is 0. The molecule has 0 radical (unpaired) electrons. The minimum Gasteiger partial charge on any atom is -0.265 e. The van der Waals surface area contributed by atoms with Crippen molar-refractivity contribution in [3.8, 4) is 0 Å². The van der Waals surface area contributed by atoms with Crippen LogP contribution < -0.4 is 0 Å². The Morgan fingerprint density at radius 2 is 2.18 bits per heavy atom. The maximum absolute atomic E-state index is 4.08. The van der Waals surface area contributed by atoms with Crippen molar-refractivity contribution in [1.29, 1.82) is 0 Å². The first-order chi connectivity index (χ1) is 5.22. The molecule has 0 saturated carbocycles. The van der Waals surface area contributed by atoms with Gasteiger partial charge >= 0.3 is 0 Å². The van der Waals surface area contributed by atoms with Gasteiger partial charge in [-0.15, -0.1) is 0 Å². The van der Waals surface area contributed by atoms with E-state index in [0.717, 1.165) is 6.42 Å². The molecule has 0 atom stereocenters. The molecule has 0 N–H and O–H groups in total. The van der Waals surface area contributed by atoms with Crippen molar-refractivity contribution in [2.45, 2.75) is 27.2 Å². The van der Waals surface area contributed by atoms with Gasteiger partial charge in [-0.25, -0.2) is 0 Å². The topological polar surface area (TPSA) is 12.4 Å². The summed E-state index contributed by atoms with van der Waals surface area (Å²) in [5.41, 5.74) is 1.38. The molecule has 0 aliphatic rings. The average molecular weight is 151 g/mol. The molecule has 0 bridgehead atoms. The van der Waals surface area contributed by atoms with Gasteiger partial charge < -0.3 is 0 Å². The maximum atomic E-state index is 4.08. The fourth-order valence-electron chi connectivity index (χ4n) is 0.848. The fraction of sp³-hybridized carbons (Fsp3) is 0.500. The lowest BCUT2D eigenvalue weighted by Crippen LogP contribution is -1.90. The molecule has 0 unspecified atom stereocenters. The minimum atomic E-state index is 0.599. The zero-order chi connectivity index (χ0) is 8.69. The van der Waals surface area contributed by atoms with Crippen LogP contribution in [0, 0.1) is 5.92 Å². The summed E-state index contributed by atoms with van der Waals surface area (Å²) in [6.45, 7) is 10.1. The summed E-state index contributed by atoms with van der Waals surface area (Å²) in [4.78, 5) is 4.08. The van der Waals surface area contributed by atoms with Crippen LogP contribution >= 0.6 is 0 Å². The first-order valence-electron chi connectivity index (χ1n) is 4.05. The van der Waals surface area contributed by atoms with Crippen molar-refractivity contribution >= 4 is 6.21 Å². The van der Waals surface area contributed by atoms with Crippen molar-refractivity contribution in [2.75, 3.05) is 0 Å². The average Bonchev–Trinajstić information content (AvgIpc) is 1.97. The highest BCUT2D eigenvalue weighted by Gasteiger charge is 1.97. The van der Waals surface area contributed by atoms with Crippen LogP contribution in [0.2, 0.25) is 0 Å². The van der Waals surface area contributed by atoms with Crippen molar-refractivity contribution in [3.05, 3.63) is 24.4 Å². The lowest BCUT2D eigenvalue weighted by atomic mass is 10.0. The first kappa shape index (κ1) is 10.2. The maximum Gasteiger partial charge on any atom is 0.0262 e. The number of allylic oxidation sites excluding steroid dienone is 2. The third-order valence-electron chi connectivity index (χ3n) is 1.58. The summed E-state index contributed by atoms with van der Waals surface area (Å²) < 4.78 is 0. The van der Waals surface area contributed by atoms with E-state index in [1.807, 2.05) is 6.20 Å². The van der Waals surface area contributed by atoms with E-state index in [1.54, 1.807) is 12.3 Å². The van der Waals surface area contributed by atoms with E-state index in [4.69, 9.17) is 0 Å². The Hall–Kier alpha value is -0.850. The van der Waals surface area contributed by atoms with Gasteiger partial charge in [-0.1, -0.05) is 33.4 Å². The predicted octanol–water partition coefficient (Wildman–Crippen LogP) is 3.19. The molecule has 0 aromatic heterocycles. The van der Waals surface area contributed by atoms with Gasteiger partial charge in [-0.3, -0.25) is 4.99 Å². The van der Waals surface area contributed by atoms with Crippen molar-refractivity contribution in [1.82, 2.24) is 0 Å². The second-order valence-corrected chi connectivity index (χ2v) is 2.75. The second kappa shape index (κ2) is 5.90. The van der Waals surface area contributed by atoms with Gasteiger partial charge in [0.1, 0.15) is 0 Å². The summed E-state index contributed by atoms with van der Waals surface area (Å²) in [5, 5.41) is 0. The fourth-order valence-corrected chi connectivity index (χ4v) is 0.848. The Labute approximate surface area is 69.5 Å². The van der Waals surface area contributed by atoms with Crippen LogP contribution in [0.25, 0.3) is 0 Å². The molecule has 0 amide bonds. The molecule has 1 heteroatoms. The lowest BCUT2D eigenvalue weighted by molar-refractivity contribution is 0.729. The van der Waals surface area contributed by atoms with Crippen LogP contribution in [-0.4, -0.2) is 6.21 Å². The molecule has 1 nitrogen and oxygen atoms in total. The van der Waals surface area contributed by atoms with Gasteiger partial charge in [0.15, 0.2) is 0 Å². The van der Waals surface area contributed by atoms with Gasteiger partial charge in [0.2, 0.25) is 0 Å². The molecule has 0 heterocycles. The van der Waals surface area contributed by atoms with Crippen molar-refractivity contribution < 1.29 is 0 Å². The summed E-state index contributed by atoms with van der Waals surface area (Å²) in [5.74, 6) is 0.599. The molecule has 0 aliphatic heterocycles. The zero-order valence-electron chi connectivity index (χ0n) is 7.67. The van der Waals surface area contributed by atoms with E-state index in [9.17, 15) is 0 Å². The highest BCUT2D eigenvalue weighted by molar-refractivity contribution is 5.70. The Bertz CT molecular complexity index is 164. The molecule has 0 fully saturated rings. The Morgan fingerprint density at radius 1 is 1.55 bits per heavy atom. The van der Waals surface area contributed by atoms with Crippen LogP contribution in [0.1, 0.15) is 27.2 Å². The van der Waals surface area contributed by atoms with E-state index in [2.05, 4.69) is 32.3 Å². The zero-order valence-corrected chi connectivity index (χ0v) is 7.67. The third kappa shape index (κ3) is 4.54. The van der Waals surface area contributed by atoms with Crippen LogP contribution in [0.5, 0.6) is 0 Å². The van der Waals surface area contributed by atoms with Crippen LogP contribution in [0.4, 0.5) is 0 Å². The molecule has 0 aliphatic carbocycles. The molecule has 0 spiro atoms. The van der Waals surface area contributed by atoms with Crippen LogP contribution in [0.15, 0.2) is 29.4 Å². The van der Waals surface area contributed by atoms with E-state index in [0.29, 0.717) is 5.92 Å². The van der Waals surface area contributed by atoms with Crippen LogP contribution in [0.3, 0.4) is 0 Å². The monoisotopic (exact) mass is 151 g/mol. The molecule has 0 rings (SSSR count). The molecule has 0 aromatic carbocycles. The number of hydrogen-bond acceptors (Lipinski definition) is 1. The van der Waals surface area contributed by atoms with Crippen molar-refractivity contribution in [2.24, 2.45) is 10.9 Å². The molecule has 62 valence electrons. The summed E-state index contributed by atoms with van der Waals surface area (Å²) >= 11 is 0. The van der Waals surface area contributed by atoms with E-state index in [1.165, 1.54) is 5.57 Å². The second-order valence-electron chi connectivity index (χ2n) is 2.75. The summed E-state index contributed by atoms with van der Waals surface area (Å²) in [7, 11) is 0. The molecular formula is C10H17N. The largest absolute Gasteiger partial charge is 0.265 e. The molecule has 0 saturated heterocycles. The van der Waals surface area contributed by atoms with E-state index in [-0.39, 0.29) is 0 Å². The molecular weight excluding hydrogens is 134 g/mol. The number of nitrogens with zero attached hydrogens (tertiary/aromatic N) is 1. The Kier molecular flexibility index (Phi) is 5.44. The van der Waals surface area contributed by atoms with Crippen LogP contribution in [-0.2, 0) is 0 Å². The number of rotatable bonds is 4. The van der Waals surface area contributed by atoms with Gasteiger partial charge in [0, 0.05) is 12.4 Å². The van der Waals surface area contributed by atoms with Gasteiger partial charge in [0.05, 0.1) is 0 Å². The smallest absolute Gasteiger partial charge is 0.0262 e. The number of aliphatic imine (C=N–C) groups is 1. The first-order valence-corrected chi connectivity index (χ1v) is 4.05. The third-order valence-corrected chi connectivity index (χ3v) is 1.58. The summed E-state index contributed by atoms with van der Waals surface area (Å²) in [6.07, 6.45) is 6.39. The van der Waals surface area contributed by atoms with Crippen molar-refractivity contribution in [3.63, 3.8) is 0 Å². The Morgan fingerprint density at radius 3 is 2.55 bits per heavy atom. The van der Waals surface area contributed by atoms with Gasteiger partial charge in [-0.05, 0) is 17.9 Å². The standard InChI is InChI=1S/C10H17N/c1-5-7-11-8-10(6-2)9(3)4/h5,7-9H,1,6H2,2-4H3/b10-8+,11-7?. The normalized spacial score (nSPS) is 12.9. The van der Waals surface area contributed by atoms with E-state index >= 15 is 0 Å². The van der Waals surface area contributed by atoms with Gasteiger partial charge in [-0.2, -0.15) is 0 Å². The highest BCUT2D eigenvalue weighted by atomic mass is 14.7. The quantitative estimate of drug-likeness (QED) is 0.547. The molecule has 0 aromatic rings. The Balaban J connectivity index is 4.11. The van der Waals surface area contributed by atoms with Gasteiger partial charge in [0.25, 0.3) is 0 Å². The van der Waals surface area contributed by atoms with E-state index < -0.39 is 0 Å². The molecule has 11 heavy (non-hydrogen) atoms. The highest BCUT2D eigenvalue weighted by Crippen LogP contribution is 2.12.